The van der Waals surface area contributed by atoms with Gasteiger partial charge in [0, 0.05) is 36.9 Å². The molecule has 0 atom stereocenters. The average Bonchev–Trinajstić information content (AvgIpc) is 2.96. The molecule has 2 aromatic rings. The van der Waals surface area contributed by atoms with Crippen LogP contribution in [0, 0.1) is 0 Å². The molecule has 0 fully saturated rings. The van der Waals surface area contributed by atoms with E-state index in [1.54, 1.807) is 12.5 Å². The standard InChI is InChI=1S/C15H18ClN3O/c16-14-5-2-1-4-13(14)6-7-15(20)18-8-3-10-19-11-9-17-12-19/h1-2,4-5,9,11-12H,3,6-8,10H2,(H,18,20). The fraction of sp³-hybridized carbons (Fsp3) is 0.333. The van der Waals surface area contributed by atoms with Crippen molar-refractivity contribution in [3.05, 3.63) is 53.6 Å². The van der Waals surface area contributed by atoms with E-state index in [1.165, 1.54) is 0 Å². The first kappa shape index (κ1) is 14.6. The summed E-state index contributed by atoms with van der Waals surface area (Å²) in [4.78, 5) is 15.7. The molecule has 0 bridgehead atoms. The van der Waals surface area contributed by atoms with Gasteiger partial charge in [-0.15, -0.1) is 0 Å². The van der Waals surface area contributed by atoms with Crippen LogP contribution in [0.2, 0.25) is 5.02 Å². The van der Waals surface area contributed by atoms with Crippen molar-refractivity contribution in [1.29, 1.82) is 0 Å². The van der Waals surface area contributed by atoms with Crippen molar-refractivity contribution in [3.8, 4) is 0 Å². The van der Waals surface area contributed by atoms with Crippen LogP contribution in [-0.2, 0) is 17.8 Å². The van der Waals surface area contributed by atoms with Crippen molar-refractivity contribution >= 4 is 17.5 Å². The van der Waals surface area contributed by atoms with Crippen LogP contribution in [0.3, 0.4) is 0 Å². The Kier molecular flexibility index (Phi) is 5.62. The molecule has 1 N–H and O–H groups in total. The molecular weight excluding hydrogens is 274 g/mol. The first-order chi connectivity index (χ1) is 9.75. The minimum Gasteiger partial charge on any atom is -0.356 e. The Morgan fingerprint density at radius 2 is 2.20 bits per heavy atom. The molecule has 0 radical (unpaired) electrons. The Balaban J connectivity index is 1.62. The number of aromatic nitrogens is 2. The second-order valence-electron chi connectivity index (χ2n) is 4.60. The summed E-state index contributed by atoms with van der Waals surface area (Å²) in [6.45, 7) is 1.55. The number of carbonyl (C=O) groups is 1. The molecule has 0 aliphatic heterocycles. The molecular formula is C15H18ClN3O. The van der Waals surface area contributed by atoms with Crippen LogP contribution < -0.4 is 5.32 Å². The third-order valence-electron chi connectivity index (χ3n) is 3.05. The number of benzene rings is 1. The first-order valence-electron chi connectivity index (χ1n) is 6.71. The summed E-state index contributed by atoms with van der Waals surface area (Å²) in [6.07, 6.45) is 7.48. The molecule has 4 nitrogen and oxygen atoms in total. The number of nitrogens with one attached hydrogen (secondary N) is 1. The Hall–Kier alpha value is -1.81. The molecule has 1 amide bonds. The maximum absolute atomic E-state index is 11.7. The molecule has 1 aromatic carbocycles. The van der Waals surface area contributed by atoms with Gasteiger partial charge >= 0.3 is 0 Å². The SMILES string of the molecule is O=C(CCc1ccccc1Cl)NCCCn1ccnc1. The number of carbonyl (C=O) groups excluding carboxylic acids is 1. The number of hydrogen-bond donors (Lipinski definition) is 1. The lowest BCUT2D eigenvalue weighted by Crippen LogP contribution is -2.25. The number of halogens is 1. The Labute approximate surface area is 123 Å². The highest BCUT2D eigenvalue weighted by atomic mass is 35.5. The number of amides is 1. The van der Waals surface area contributed by atoms with Crippen LogP contribution in [-0.4, -0.2) is 22.0 Å². The van der Waals surface area contributed by atoms with Crippen molar-refractivity contribution in [2.75, 3.05) is 6.54 Å². The minimum absolute atomic E-state index is 0.0653. The van der Waals surface area contributed by atoms with E-state index in [2.05, 4.69) is 10.3 Å². The second-order valence-corrected chi connectivity index (χ2v) is 5.00. The lowest BCUT2D eigenvalue weighted by Gasteiger charge is -2.06. The number of imidazole rings is 1. The average molecular weight is 292 g/mol. The predicted molar refractivity (Wildman–Crippen MR) is 79.6 cm³/mol. The van der Waals surface area contributed by atoms with Crippen molar-refractivity contribution in [2.24, 2.45) is 0 Å². The van der Waals surface area contributed by atoms with Gasteiger partial charge in [-0.25, -0.2) is 4.98 Å². The Bertz CT molecular complexity index is 540. The molecule has 20 heavy (non-hydrogen) atoms. The summed E-state index contributed by atoms with van der Waals surface area (Å²) in [5.74, 6) is 0.0653. The van der Waals surface area contributed by atoms with Gasteiger partial charge in [0.15, 0.2) is 0 Å². The number of hydrogen-bond acceptors (Lipinski definition) is 2. The van der Waals surface area contributed by atoms with Gasteiger partial charge in [-0.1, -0.05) is 29.8 Å². The molecule has 2 rings (SSSR count). The summed E-state index contributed by atoms with van der Waals surface area (Å²) in [5, 5.41) is 3.64. The molecule has 0 saturated heterocycles. The molecule has 0 unspecified atom stereocenters. The van der Waals surface area contributed by atoms with Crippen LogP contribution in [0.5, 0.6) is 0 Å². The van der Waals surface area contributed by atoms with Crippen molar-refractivity contribution in [3.63, 3.8) is 0 Å². The van der Waals surface area contributed by atoms with Gasteiger partial charge in [-0.05, 0) is 24.5 Å². The quantitative estimate of drug-likeness (QED) is 0.797. The summed E-state index contributed by atoms with van der Waals surface area (Å²) in [5.41, 5.74) is 1.02. The Morgan fingerprint density at radius 1 is 1.35 bits per heavy atom. The molecule has 1 aromatic heterocycles. The number of aryl methyl sites for hydroxylation is 2. The van der Waals surface area contributed by atoms with E-state index < -0.39 is 0 Å². The van der Waals surface area contributed by atoms with Crippen LogP contribution in [0.15, 0.2) is 43.0 Å². The van der Waals surface area contributed by atoms with Crippen molar-refractivity contribution in [1.82, 2.24) is 14.9 Å². The largest absolute Gasteiger partial charge is 0.356 e. The molecule has 5 heteroatoms. The van der Waals surface area contributed by atoms with Crippen LogP contribution in [0.4, 0.5) is 0 Å². The Morgan fingerprint density at radius 3 is 2.95 bits per heavy atom. The van der Waals surface area contributed by atoms with E-state index in [1.807, 2.05) is 35.0 Å². The monoisotopic (exact) mass is 291 g/mol. The zero-order chi connectivity index (χ0) is 14.2. The smallest absolute Gasteiger partial charge is 0.220 e. The van der Waals surface area contributed by atoms with Crippen LogP contribution in [0.25, 0.3) is 0 Å². The molecule has 0 spiro atoms. The molecule has 0 aliphatic rings. The lowest BCUT2D eigenvalue weighted by molar-refractivity contribution is -0.121. The normalized spacial score (nSPS) is 10.4. The highest BCUT2D eigenvalue weighted by Crippen LogP contribution is 2.16. The van der Waals surface area contributed by atoms with E-state index in [9.17, 15) is 4.79 Å². The van der Waals surface area contributed by atoms with Crippen LogP contribution >= 0.6 is 11.6 Å². The summed E-state index contributed by atoms with van der Waals surface area (Å²) in [6, 6.07) is 7.63. The highest BCUT2D eigenvalue weighted by molar-refractivity contribution is 6.31. The zero-order valence-electron chi connectivity index (χ0n) is 11.3. The second kappa shape index (κ2) is 7.70. The highest BCUT2D eigenvalue weighted by Gasteiger charge is 2.04. The summed E-state index contributed by atoms with van der Waals surface area (Å²) in [7, 11) is 0. The van der Waals surface area contributed by atoms with E-state index >= 15 is 0 Å². The molecule has 0 aliphatic carbocycles. The maximum atomic E-state index is 11.7. The maximum Gasteiger partial charge on any atom is 0.220 e. The summed E-state index contributed by atoms with van der Waals surface area (Å²) >= 11 is 6.05. The van der Waals surface area contributed by atoms with E-state index in [0.717, 1.165) is 23.6 Å². The molecule has 0 saturated carbocycles. The fourth-order valence-electron chi connectivity index (χ4n) is 1.95. The van der Waals surface area contributed by atoms with E-state index in [4.69, 9.17) is 11.6 Å². The van der Waals surface area contributed by atoms with Gasteiger partial charge in [0.25, 0.3) is 0 Å². The van der Waals surface area contributed by atoms with E-state index in [-0.39, 0.29) is 5.91 Å². The van der Waals surface area contributed by atoms with Gasteiger partial charge in [0.05, 0.1) is 6.33 Å². The zero-order valence-corrected chi connectivity index (χ0v) is 12.0. The summed E-state index contributed by atoms with van der Waals surface area (Å²) < 4.78 is 2.00. The third kappa shape index (κ3) is 4.70. The van der Waals surface area contributed by atoms with Gasteiger partial charge in [0.1, 0.15) is 0 Å². The third-order valence-corrected chi connectivity index (χ3v) is 3.42. The number of rotatable bonds is 7. The lowest BCUT2D eigenvalue weighted by atomic mass is 10.1. The van der Waals surface area contributed by atoms with Gasteiger partial charge in [0.2, 0.25) is 5.91 Å². The minimum atomic E-state index is 0.0653. The van der Waals surface area contributed by atoms with Crippen molar-refractivity contribution < 1.29 is 4.79 Å². The topological polar surface area (TPSA) is 46.9 Å². The molecule has 1 heterocycles. The predicted octanol–water partition coefficient (Wildman–Crippen LogP) is 2.68. The fourth-order valence-corrected chi connectivity index (χ4v) is 2.18. The van der Waals surface area contributed by atoms with Gasteiger partial charge < -0.3 is 9.88 Å². The van der Waals surface area contributed by atoms with Crippen LogP contribution in [0.1, 0.15) is 18.4 Å². The van der Waals surface area contributed by atoms with Gasteiger partial charge in [-0.3, -0.25) is 4.79 Å². The van der Waals surface area contributed by atoms with Gasteiger partial charge in [-0.2, -0.15) is 0 Å². The molecule has 106 valence electrons. The number of nitrogens with zero attached hydrogens (tertiary/aromatic N) is 2. The van der Waals surface area contributed by atoms with Crippen molar-refractivity contribution in [2.45, 2.75) is 25.8 Å². The first-order valence-corrected chi connectivity index (χ1v) is 7.09. The van der Waals surface area contributed by atoms with E-state index in [0.29, 0.717) is 19.4 Å².